The largest absolute Gasteiger partial charge is 0.494 e. The molecule has 7 nitrogen and oxygen atoms in total. The van der Waals surface area contributed by atoms with E-state index >= 15 is 0 Å². The zero-order valence-electron chi connectivity index (χ0n) is 13.8. The molecule has 0 aliphatic rings. The first-order valence-electron chi connectivity index (χ1n) is 7.67. The van der Waals surface area contributed by atoms with Crippen molar-refractivity contribution in [1.82, 2.24) is 15.2 Å². The number of aromatic amines is 1. The van der Waals surface area contributed by atoms with Crippen LogP contribution in [-0.2, 0) is 4.79 Å². The molecule has 1 atom stereocenters. The number of aryl methyl sites for hydroxylation is 1. The summed E-state index contributed by atoms with van der Waals surface area (Å²) in [6.45, 7) is 5.98. The number of anilines is 1. The van der Waals surface area contributed by atoms with Gasteiger partial charge in [0.1, 0.15) is 11.4 Å². The lowest BCUT2D eigenvalue weighted by Gasteiger charge is -2.14. The zero-order valence-corrected chi connectivity index (χ0v) is 14.6. The first kappa shape index (κ1) is 18.0. The smallest absolute Gasteiger partial charge is 0.273 e. The number of hydrogen-bond acceptors (Lipinski definition) is 6. The molecule has 0 bridgehead atoms. The Kier molecular flexibility index (Phi) is 6.36. The summed E-state index contributed by atoms with van der Waals surface area (Å²) in [6, 6.07) is 7.17. The van der Waals surface area contributed by atoms with Gasteiger partial charge in [0.25, 0.3) is 5.56 Å². The van der Waals surface area contributed by atoms with E-state index in [0.717, 1.165) is 5.75 Å². The molecule has 0 saturated carbocycles. The van der Waals surface area contributed by atoms with Gasteiger partial charge < -0.3 is 10.1 Å². The van der Waals surface area contributed by atoms with E-state index in [-0.39, 0.29) is 16.7 Å². The van der Waals surface area contributed by atoms with Gasteiger partial charge in [-0.3, -0.25) is 14.6 Å². The minimum absolute atomic E-state index is 0.158. The zero-order chi connectivity index (χ0) is 17.5. The summed E-state index contributed by atoms with van der Waals surface area (Å²) in [6.07, 6.45) is 0.588. The Morgan fingerprint density at radius 2 is 2.00 bits per heavy atom. The molecule has 8 heteroatoms. The molecule has 1 unspecified atom stereocenters. The summed E-state index contributed by atoms with van der Waals surface area (Å²) < 4.78 is 5.37. The van der Waals surface area contributed by atoms with E-state index in [0.29, 0.717) is 29.6 Å². The summed E-state index contributed by atoms with van der Waals surface area (Å²) in [7, 11) is 0. The van der Waals surface area contributed by atoms with E-state index in [4.69, 9.17) is 4.74 Å². The fourth-order valence-electron chi connectivity index (χ4n) is 1.91. The van der Waals surface area contributed by atoms with Crippen LogP contribution in [0, 0.1) is 6.92 Å². The number of aromatic nitrogens is 3. The molecule has 0 aliphatic heterocycles. The van der Waals surface area contributed by atoms with E-state index in [1.165, 1.54) is 11.8 Å². The van der Waals surface area contributed by atoms with Crippen molar-refractivity contribution in [2.24, 2.45) is 0 Å². The number of carbonyl (C=O) groups excluding carboxylic acids is 1. The Bertz CT molecular complexity index is 746. The van der Waals surface area contributed by atoms with Gasteiger partial charge in [-0.1, -0.05) is 18.7 Å². The predicted octanol–water partition coefficient (Wildman–Crippen LogP) is 2.38. The van der Waals surface area contributed by atoms with E-state index in [1.54, 1.807) is 31.2 Å². The molecule has 2 rings (SSSR count). The van der Waals surface area contributed by atoms with E-state index in [2.05, 4.69) is 20.5 Å². The van der Waals surface area contributed by atoms with Crippen molar-refractivity contribution in [2.75, 3.05) is 11.9 Å². The van der Waals surface area contributed by atoms with Crippen LogP contribution < -0.4 is 15.6 Å². The predicted molar refractivity (Wildman–Crippen MR) is 93.6 cm³/mol. The normalized spacial score (nSPS) is 11.8. The molecule has 1 aromatic heterocycles. The van der Waals surface area contributed by atoms with Crippen molar-refractivity contribution in [3.63, 3.8) is 0 Å². The van der Waals surface area contributed by atoms with Gasteiger partial charge in [-0.05, 0) is 44.5 Å². The van der Waals surface area contributed by atoms with Crippen LogP contribution in [0.1, 0.15) is 26.0 Å². The number of rotatable bonds is 7. The molecule has 128 valence electrons. The average Bonchev–Trinajstić information content (AvgIpc) is 2.57. The molecule has 1 aromatic carbocycles. The molecular weight excluding hydrogens is 328 g/mol. The van der Waals surface area contributed by atoms with Crippen LogP contribution >= 0.6 is 11.8 Å². The number of nitrogens with zero attached hydrogens (tertiary/aromatic N) is 2. The Labute approximate surface area is 144 Å². The Morgan fingerprint density at radius 1 is 1.29 bits per heavy atom. The fraction of sp³-hybridized carbons (Fsp3) is 0.375. The standard InChI is InChI=1S/C16H20N4O3S/c1-4-13(24-16-18-14(21)10(3)19-20-16)15(22)17-11-6-8-12(9-7-11)23-5-2/h6-9,13H,4-5H2,1-3H3,(H,17,22)(H,18,20,21). The first-order chi connectivity index (χ1) is 11.5. The monoisotopic (exact) mass is 348 g/mol. The van der Waals surface area contributed by atoms with Gasteiger partial charge in [-0.2, -0.15) is 0 Å². The molecule has 1 heterocycles. The van der Waals surface area contributed by atoms with Crippen LogP contribution in [0.5, 0.6) is 5.75 Å². The average molecular weight is 348 g/mol. The van der Waals surface area contributed by atoms with Gasteiger partial charge in [-0.25, -0.2) is 0 Å². The van der Waals surface area contributed by atoms with E-state index in [9.17, 15) is 9.59 Å². The van der Waals surface area contributed by atoms with Crippen LogP contribution in [0.4, 0.5) is 5.69 Å². The molecule has 2 N–H and O–H groups in total. The molecule has 24 heavy (non-hydrogen) atoms. The van der Waals surface area contributed by atoms with Crippen molar-refractivity contribution >= 4 is 23.4 Å². The third kappa shape index (κ3) is 4.82. The lowest BCUT2D eigenvalue weighted by molar-refractivity contribution is -0.115. The summed E-state index contributed by atoms with van der Waals surface area (Å²) in [5.74, 6) is 0.597. The maximum absolute atomic E-state index is 12.4. The number of carbonyl (C=O) groups is 1. The highest BCUT2D eigenvalue weighted by molar-refractivity contribution is 8.00. The van der Waals surface area contributed by atoms with Crippen LogP contribution in [0.25, 0.3) is 0 Å². The Balaban J connectivity index is 2.02. The van der Waals surface area contributed by atoms with Gasteiger partial charge in [-0.15, -0.1) is 10.2 Å². The highest BCUT2D eigenvalue weighted by Crippen LogP contribution is 2.23. The second kappa shape index (κ2) is 8.49. The van der Waals surface area contributed by atoms with E-state index < -0.39 is 0 Å². The molecule has 0 radical (unpaired) electrons. The number of H-pyrrole nitrogens is 1. The van der Waals surface area contributed by atoms with Crippen molar-refractivity contribution in [3.8, 4) is 5.75 Å². The van der Waals surface area contributed by atoms with Crippen LogP contribution in [0.3, 0.4) is 0 Å². The number of hydrogen-bond donors (Lipinski definition) is 2. The molecule has 0 aliphatic carbocycles. The summed E-state index contributed by atoms with van der Waals surface area (Å²) in [5.41, 5.74) is 0.687. The van der Waals surface area contributed by atoms with Gasteiger partial charge in [0.15, 0.2) is 5.16 Å². The second-order valence-electron chi connectivity index (χ2n) is 5.01. The topological polar surface area (TPSA) is 97.0 Å². The number of benzene rings is 1. The Morgan fingerprint density at radius 3 is 2.58 bits per heavy atom. The summed E-state index contributed by atoms with van der Waals surface area (Å²) in [4.78, 5) is 26.6. The fourth-order valence-corrected chi connectivity index (χ4v) is 2.75. The highest BCUT2D eigenvalue weighted by Gasteiger charge is 2.19. The van der Waals surface area contributed by atoms with Gasteiger partial charge in [0.2, 0.25) is 5.91 Å². The minimum atomic E-state index is -0.385. The van der Waals surface area contributed by atoms with Crippen molar-refractivity contribution < 1.29 is 9.53 Å². The lowest BCUT2D eigenvalue weighted by atomic mass is 10.2. The molecule has 1 amide bonds. The number of thioether (sulfide) groups is 1. The molecule has 0 spiro atoms. The SMILES string of the molecule is CCOc1ccc(NC(=O)C(CC)Sc2nnc(C)c(=O)[nH]2)cc1. The maximum Gasteiger partial charge on any atom is 0.273 e. The minimum Gasteiger partial charge on any atom is -0.494 e. The first-order valence-corrected chi connectivity index (χ1v) is 8.55. The van der Waals surface area contributed by atoms with Gasteiger partial charge in [0, 0.05) is 5.69 Å². The third-order valence-electron chi connectivity index (χ3n) is 3.19. The number of amides is 1. The molecule has 0 saturated heterocycles. The lowest BCUT2D eigenvalue weighted by Crippen LogP contribution is -2.25. The highest BCUT2D eigenvalue weighted by atomic mass is 32.2. The molecule has 2 aromatic rings. The second-order valence-corrected chi connectivity index (χ2v) is 6.20. The van der Waals surface area contributed by atoms with Crippen LogP contribution in [0.15, 0.2) is 34.2 Å². The molecular formula is C16H20N4O3S. The summed E-state index contributed by atoms with van der Waals surface area (Å²) >= 11 is 1.18. The van der Waals surface area contributed by atoms with Gasteiger partial charge in [0.05, 0.1) is 11.9 Å². The molecule has 0 fully saturated rings. The van der Waals surface area contributed by atoms with Crippen molar-refractivity contribution in [2.45, 2.75) is 37.6 Å². The number of ether oxygens (including phenoxy) is 1. The third-order valence-corrected chi connectivity index (χ3v) is 4.43. The summed E-state index contributed by atoms with van der Waals surface area (Å²) in [5, 5.41) is 10.5. The maximum atomic E-state index is 12.4. The van der Waals surface area contributed by atoms with Crippen LogP contribution in [0.2, 0.25) is 0 Å². The van der Waals surface area contributed by atoms with E-state index in [1.807, 2.05) is 13.8 Å². The van der Waals surface area contributed by atoms with Gasteiger partial charge >= 0.3 is 0 Å². The van der Waals surface area contributed by atoms with Crippen LogP contribution in [-0.4, -0.2) is 32.9 Å². The van der Waals surface area contributed by atoms with Crippen molar-refractivity contribution in [1.29, 1.82) is 0 Å². The Hall–Kier alpha value is -2.35. The number of nitrogens with one attached hydrogen (secondary N) is 2. The van der Waals surface area contributed by atoms with Crippen molar-refractivity contribution in [3.05, 3.63) is 40.3 Å². The quantitative estimate of drug-likeness (QED) is 0.746.